The molecule has 0 heterocycles. The molecule has 8 heteroatoms. The molecule has 3 aromatic rings. The van der Waals surface area contributed by atoms with Crippen LogP contribution in [0.5, 0.6) is 0 Å². The average Bonchev–Trinajstić information content (AvgIpc) is 2.73. The molecule has 3 rings (SSSR count). The zero-order valence-electron chi connectivity index (χ0n) is 17.4. The lowest BCUT2D eigenvalue weighted by Gasteiger charge is -2.13. The van der Waals surface area contributed by atoms with Crippen LogP contribution in [0.15, 0.2) is 76.9 Å². The van der Waals surface area contributed by atoms with Gasteiger partial charge < -0.3 is 10.6 Å². The standard InChI is InChI=1S/C24H20BrN3O4/c1-15-11-16(2)13-18(12-15)26-24(30)22(14-17-7-9-19(10-8-17)28(31)32)27-23(29)20-5-3-4-6-21(20)25/h3-14H,1-2H3,(H,26,30)(H,27,29). The van der Waals surface area contributed by atoms with Gasteiger partial charge in [0.15, 0.2) is 0 Å². The molecule has 162 valence electrons. The highest BCUT2D eigenvalue weighted by Gasteiger charge is 2.17. The van der Waals surface area contributed by atoms with Crippen molar-refractivity contribution in [1.29, 1.82) is 0 Å². The van der Waals surface area contributed by atoms with Crippen LogP contribution in [-0.4, -0.2) is 16.7 Å². The number of benzene rings is 3. The maximum absolute atomic E-state index is 13.1. The fraction of sp³-hybridized carbons (Fsp3) is 0.0833. The maximum atomic E-state index is 13.1. The maximum Gasteiger partial charge on any atom is 0.272 e. The van der Waals surface area contributed by atoms with Crippen molar-refractivity contribution in [2.24, 2.45) is 0 Å². The summed E-state index contributed by atoms with van der Waals surface area (Å²) in [6.07, 6.45) is 1.47. The van der Waals surface area contributed by atoms with Gasteiger partial charge in [-0.25, -0.2) is 0 Å². The molecule has 0 saturated heterocycles. The number of nitrogens with zero attached hydrogens (tertiary/aromatic N) is 1. The zero-order valence-corrected chi connectivity index (χ0v) is 19.0. The Morgan fingerprint density at radius 3 is 2.19 bits per heavy atom. The van der Waals surface area contributed by atoms with Gasteiger partial charge in [0.25, 0.3) is 17.5 Å². The number of aryl methyl sites for hydroxylation is 2. The third kappa shape index (κ3) is 5.89. The Balaban J connectivity index is 1.94. The van der Waals surface area contributed by atoms with Crippen LogP contribution in [0.25, 0.3) is 6.08 Å². The summed E-state index contributed by atoms with van der Waals surface area (Å²) in [5.74, 6) is -0.991. The SMILES string of the molecule is Cc1cc(C)cc(NC(=O)C(=Cc2ccc([N+](=O)[O-])cc2)NC(=O)c2ccccc2Br)c1. The van der Waals surface area contributed by atoms with Crippen molar-refractivity contribution in [3.05, 3.63) is 109 Å². The van der Waals surface area contributed by atoms with E-state index in [4.69, 9.17) is 0 Å². The monoisotopic (exact) mass is 493 g/mol. The van der Waals surface area contributed by atoms with Crippen LogP contribution >= 0.6 is 15.9 Å². The molecule has 0 aliphatic rings. The summed E-state index contributed by atoms with van der Waals surface area (Å²) < 4.78 is 0.585. The van der Waals surface area contributed by atoms with Crippen molar-refractivity contribution in [2.45, 2.75) is 13.8 Å². The fourth-order valence-electron chi connectivity index (χ4n) is 3.10. The summed E-state index contributed by atoms with van der Waals surface area (Å²) in [4.78, 5) is 36.3. The molecule has 0 radical (unpaired) electrons. The lowest BCUT2D eigenvalue weighted by atomic mass is 10.1. The van der Waals surface area contributed by atoms with Gasteiger partial charge in [-0.3, -0.25) is 19.7 Å². The summed E-state index contributed by atoms with van der Waals surface area (Å²) in [6.45, 7) is 3.84. The summed E-state index contributed by atoms with van der Waals surface area (Å²) in [5, 5.41) is 16.4. The van der Waals surface area contributed by atoms with Gasteiger partial charge in [-0.05, 0) is 88.9 Å². The van der Waals surface area contributed by atoms with Crippen LogP contribution in [0.4, 0.5) is 11.4 Å². The number of hydrogen-bond acceptors (Lipinski definition) is 4. The van der Waals surface area contributed by atoms with E-state index in [0.29, 0.717) is 21.3 Å². The fourth-order valence-corrected chi connectivity index (χ4v) is 3.56. The molecule has 2 amide bonds. The van der Waals surface area contributed by atoms with Gasteiger partial charge >= 0.3 is 0 Å². The Hall–Kier alpha value is -3.78. The van der Waals surface area contributed by atoms with E-state index in [1.54, 1.807) is 24.3 Å². The molecule has 3 aromatic carbocycles. The van der Waals surface area contributed by atoms with Crippen LogP contribution in [0, 0.1) is 24.0 Å². The van der Waals surface area contributed by atoms with Gasteiger partial charge in [0, 0.05) is 22.3 Å². The van der Waals surface area contributed by atoms with E-state index < -0.39 is 16.7 Å². The molecular formula is C24H20BrN3O4. The molecule has 7 nitrogen and oxygen atoms in total. The molecule has 0 saturated carbocycles. The second-order valence-corrected chi connectivity index (χ2v) is 8.03. The van der Waals surface area contributed by atoms with Crippen LogP contribution < -0.4 is 10.6 Å². The van der Waals surface area contributed by atoms with Gasteiger partial charge in [-0.15, -0.1) is 0 Å². The van der Waals surface area contributed by atoms with E-state index in [2.05, 4.69) is 26.6 Å². The average molecular weight is 494 g/mol. The molecule has 0 aliphatic carbocycles. The van der Waals surface area contributed by atoms with Gasteiger partial charge in [-0.2, -0.15) is 0 Å². The number of rotatable bonds is 6. The highest BCUT2D eigenvalue weighted by Crippen LogP contribution is 2.19. The van der Waals surface area contributed by atoms with Crippen LogP contribution in [0.3, 0.4) is 0 Å². The molecule has 0 spiro atoms. The molecule has 32 heavy (non-hydrogen) atoms. The lowest BCUT2D eigenvalue weighted by molar-refractivity contribution is -0.384. The van der Waals surface area contributed by atoms with Gasteiger partial charge in [-0.1, -0.05) is 18.2 Å². The highest BCUT2D eigenvalue weighted by molar-refractivity contribution is 9.10. The number of nitro groups is 1. The Kier molecular flexibility index (Phi) is 7.17. The van der Waals surface area contributed by atoms with Crippen molar-refractivity contribution in [3.8, 4) is 0 Å². The second-order valence-electron chi connectivity index (χ2n) is 7.17. The number of nitrogens with one attached hydrogen (secondary N) is 2. The topological polar surface area (TPSA) is 101 Å². The van der Waals surface area contributed by atoms with Crippen LogP contribution in [0.1, 0.15) is 27.0 Å². The first-order chi connectivity index (χ1) is 15.2. The third-order valence-electron chi connectivity index (χ3n) is 4.51. The number of carbonyl (C=O) groups excluding carboxylic acids is 2. The smallest absolute Gasteiger partial charge is 0.272 e. The minimum absolute atomic E-state index is 0.00114. The molecule has 0 fully saturated rings. The molecule has 0 aromatic heterocycles. The molecular weight excluding hydrogens is 474 g/mol. The van der Waals surface area contributed by atoms with Crippen molar-refractivity contribution in [2.75, 3.05) is 5.32 Å². The van der Waals surface area contributed by atoms with Gasteiger partial charge in [0.1, 0.15) is 5.70 Å². The largest absolute Gasteiger partial charge is 0.321 e. The highest BCUT2D eigenvalue weighted by atomic mass is 79.9. The predicted molar refractivity (Wildman–Crippen MR) is 127 cm³/mol. The normalized spacial score (nSPS) is 11.0. The number of anilines is 1. The molecule has 2 N–H and O–H groups in total. The van der Waals surface area contributed by atoms with Gasteiger partial charge in [0.05, 0.1) is 10.5 Å². The first-order valence-electron chi connectivity index (χ1n) is 9.64. The first-order valence-corrected chi connectivity index (χ1v) is 10.4. The van der Waals surface area contributed by atoms with E-state index in [1.165, 1.54) is 30.3 Å². The summed E-state index contributed by atoms with van der Waals surface area (Å²) >= 11 is 3.34. The van der Waals surface area contributed by atoms with E-state index in [1.807, 2.05) is 32.0 Å². The number of hydrogen-bond donors (Lipinski definition) is 2. The third-order valence-corrected chi connectivity index (χ3v) is 5.20. The van der Waals surface area contributed by atoms with Crippen LogP contribution in [0.2, 0.25) is 0 Å². The summed E-state index contributed by atoms with van der Waals surface area (Å²) in [6, 6.07) is 18.2. The lowest BCUT2D eigenvalue weighted by Crippen LogP contribution is -2.31. The second kappa shape index (κ2) is 10.0. The number of amides is 2. The summed E-state index contributed by atoms with van der Waals surface area (Å²) in [5.41, 5.74) is 3.38. The van der Waals surface area contributed by atoms with E-state index in [0.717, 1.165) is 11.1 Å². The Morgan fingerprint density at radius 2 is 1.59 bits per heavy atom. The molecule has 0 atom stereocenters. The van der Waals surface area contributed by atoms with Crippen LogP contribution in [-0.2, 0) is 4.79 Å². The first kappa shape index (κ1) is 22.9. The van der Waals surface area contributed by atoms with Gasteiger partial charge in [0.2, 0.25) is 0 Å². The van der Waals surface area contributed by atoms with E-state index in [9.17, 15) is 19.7 Å². The summed E-state index contributed by atoms with van der Waals surface area (Å²) in [7, 11) is 0. The number of carbonyl (C=O) groups is 2. The van der Waals surface area contributed by atoms with Crippen molar-refractivity contribution >= 4 is 45.2 Å². The quantitative estimate of drug-likeness (QED) is 0.273. The number of non-ortho nitro benzene ring substituents is 1. The Labute approximate surface area is 193 Å². The van der Waals surface area contributed by atoms with Crippen molar-refractivity contribution in [1.82, 2.24) is 5.32 Å². The molecule has 0 bridgehead atoms. The van der Waals surface area contributed by atoms with E-state index in [-0.39, 0.29) is 11.4 Å². The van der Waals surface area contributed by atoms with Crippen molar-refractivity contribution in [3.63, 3.8) is 0 Å². The minimum atomic E-state index is -0.520. The van der Waals surface area contributed by atoms with E-state index >= 15 is 0 Å². The Morgan fingerprint density at radius 1 is 0.969 bits per heavy atom. The predicted octanol–water partition coefficient (Wildman–Crippen LogP) is 5.38. The Bertz CT molecular complexity index is 1200. The molecule has 0 aliphatic heterocycles. The zero-order chi connectivity index (χ0) is 23.3. The minimum Gasteiger partial charge on any atom is -0.321 e. The molecule has 0 unspecified atom stereocenters. The number of halogens is 1. The van der Waals surface area contributed by atoms with Crippen molar-refractivity contribution < 1.29 is 14.5 Å². The number of nitro benzene ring substituents is 1.